The van der Waals surface area contributed by atoms with E-state index in [0.717, 1.165) is 19.5 Å². The number of hydrogen-bond acceptors (Lipinski definition) is 2. The highest BCUT2D eigenvalue weighted by atomic mass is 16.3. The molecule has 1 aliphatic heterocycles. The summed E-state index contributed by atoms with van der Waals surface area (Å²) in [5.41, 5.74) is 0. The summed E-state index contributed by atoms with van der Waals surface area (Å²) >= 11 is 0. The maximum Gasteiger partial charge on any atom is 0.0471 e. The molecule has 0 spiro atoms. The lowest BCUT2D eigenvalue weighted by Crippen LogP contribution is -2.13. The van der Waals surface area contributed by atoms with Crippen LogP contribution in [0.4, 0.5) is 0 Å². The van der Waals surface area contributed by atoms with Crippen molar-refractivity contribution in [3.8, 4) is 0 Å². The van der Waals surface area contributed by atoms with Crippen molar-refractivity contribution >= 4 is 0 Å². The van der Waals surface area contributed by atoms with Crippen molar-refractivity contribution in [1.82, 2.24) is 4.90 Å². The fraction of sp³-hybridized carbons (Fsp3) is 0.833. The number of nitrogens with zero attached hydrogens (tertiary/aromatic N) is 1. The van der Waals surface area contributed by atoms with Crippen molar-refractivity contribution in [2.45, 2.75) is 6.42 Å². The molecule has 0 bridgehead atoms. The van der Waals surface area contributed by atoms with Gasteiger partial charge in [-0.3, -0.25) is 7.05 Å². The number of rotatable bonds is 1. The van der Waals surface area contributed by atoms with Crippen LogP contribution < -0.4 is 0 Å². The summed E-state index contributed by atoms with van der Waals surface area (Å²) in [4.78, 5) is 2.00. The second-order valence-electron chi connectivity index (χ2n) is 2.41. The van der Waals surface area contributed by atoms with Crippen molar-refractivity contribution in [3.63, 3.8) is 0 Å². The van der Waals surface area contributed by atoms with Gasteiger partial charge in [0.15, 0.2) is 0 Å². The van der Waals surface area contributed by atoms with Gasteiger partial charge in [-0.05, 0) is 25.4 Å². The molecular formula is C6H12NO-. The van der Waals surface area contributed by atoms with E-state index in [0.29, 0.717) is 12.5 Å². The molecule has 1 rings (SSSR count). The molecule has 1 heterocycles. The average Bonchev–Trinajstić information content (AvgIpc) is 2.14. The quantitative estimate of drug-likeness (QED) is 0.488. The Bertz CT molecular complexity index is 74.9. The molecule has 0 aromatic rings. The normalized spacial score (nSPS) is 31.5. The molecule has 0 unspecified atom stereocenters. The van der Waals surface area contributed by atoms with Crippen LogP contribution in [0.25, 0.3) is 0 Å². The van der Waals surface area contributed by atoms with Crippen LogP contribution in [0.3, 0.4) is 0 Å². The topological polar surface area (TPSA) is 23.5 Å². The summed E-state index contributed by atoms with van der Waals surface area (Å²) in [6.45, 7) is 2.34. The Kier molecular flexibility index (Phi) is 1.86. The Balaban J connectivity index is 2.22. The van der Waals surface area contributed by atoms with Gasteiger partial charge >= 0.3 is 0 Å². The number of aliphatic hydroxyl groups excluding tert-OH is 1. The van der Waals surface area contributed by atoms with Crippen molar-refractivity contribution in [2.75, 3.05) is 19.7 Å². The zero-order valence-electron chi connectivity index (χ0n) is 5.01. The zero-order chi connectivity index (χ0) is 5.98. The van der Waals surface area contributed by atoms with Gasteiger partial charge in [0.25, 0.3) is 0 Å². The van der Waals surface area contributed by atoms with Crippen molar-refractivity contribution < 1.29 is 5.11 Å². The highest BCUT2D eigenvalue weighted by Gasteiger charge is 2.13. The molecule has 1 fully saturated rings. The maximum atomic E-state index is 8.63. The first-order chi connectivity index (χ1) is 3.83. The van der Waals surface area contributed by atoms with E-state index in [2.05, 4.69) is 7.05 Å². The first kappa shape index (κ1) is 6.05. The van der Waals surface area contributed by atoms with E-state index in [9.17, 15) is 0 Å². The molecule has 1 atom stereocenters. The largest absolute Gasteiger partial charge is 0.459 e. The third kappa shape index (κ3) is 1.20. The molecule has 0 saturated carbocycles. The molecule has 0 aromatic heterocycles. The molecule has 2 heteroatoms. The molecule has 1 saturated heterocycles. The lowest BCUT2D eigenvalue weighted by Gasteiger charge is -2.15. The van der Waals surface area contributed by atoms with Gasteiger partial charge in [-0.15, -0.1) is 0 Å². The van der Waals surface area contributed by atoms with Gasteiger partial charge in [0.1, 0.15) is 0 Å². The van der Waals surface area contributed by atoms with Crippen LogP contribution >= 0.6 is 0 Å². The summed E-state index contributed by atoms with van der Waals surface area (Å²) in [7, 11) is 3.76. The monoisotopic (exact) mass is 114 g/mol. The summed E-state index contributed by atoms with van der Waals surface area (Å²) in [5, 5.41) is 8.63. The predicted molar refractivity (Wildman–Crippen MR) is 32.1 cm³/mol. The summed E-state index contributed by atoms with van der Waals surface area (Å²) in [5.74, 6) is 0.493. The Hall–Kier alpha value is -0.0800. The number of hydrogen-bond donors (Lipinski definition) is 1. The Morgan fingerprint density at radius 1 is 1.75 bits per heavy atom. The van der Waals surface area contributed by atoms with E-state index < -0.39 is 0 Å². The number of aliphatic hydroxyl groups is 1. The summed E-state index contributed by atoms with van der Waals surface area (Å²) in [6, 6.07) is 0. The SMILES string of the molecule is [CH2-]N1CC[C@H](CO)C1. The second-order valence-corrected chi connectivity index (χ2v) is 2.41. The molecule has 0 aliphatic carbocycles. The fourth-order valence-electron chi connectivity index (χ4n) is 1.06. The first-order valence-electron chi connectivity index (χ1n) is 2.99. The van der Waals surface area contributed by atoms with Crippen LogP contribution in [-0.4, -0.2) is 29.7 Å². The van der Waals surface area contributed by atoms with Crippen molar-refractivity contribution in [1.29, 1.82) is 0 Å². The molecule has 8 heavy (non-hydrogen) atoms. The van der Waals surface area contributed by atoms with E-state index in [1.54, 1.807) is 0 Å². The summed E-state index contributed by atoms with van der Waals surface area (Å²) in [6.07, 6.45) is 1.11. The second kappa shape index (κ2) is 2.46. The lowest BCUT2D eigenvalue weighted by atomic mass is 10.1. The van der Waals surface area contributed by atoms with E-state index in [-0.39, 0.29) is 0 Å². The van der Waals surface area contributed by atoms with Crippen LogP contribution in [0.1, 0.15) is 6.42 Å². The Labute approximate surface area is 50.1 Å². The van der Waals surface area contributed by atoms with Crippen LogP contribution in [0.15, 0.2) is 0 Å². The van der Waals surface area contributed by atoms with Crippen molar-refractivity contribution in [2.24, 2.45) is 5.92 Å². The van der Waals surface area contributed by atoms with Gasteiger partial charge in [-0.2, -0.15) is 0 Å². The molecule has 0 aromatic carbocycles. The first-order valence-corrected chi connectivity index (χ1v) is 2.99. The molecule has 48 valence electrons. The van der Waals surface area contributed by atoms with Gasteiger partial charge in [0, 0.05) is 6.61 Å². The molecule has 0 radical (unpaired) electrons. The Morgan fingerprint density at radius 2 is 2.50 bits per heavy atom. The number of likely N-dealkylation sites (tertiary alicyclic amines) is 1. The summed E-state index contributed by atoms with van der Waals surface area (Å²) < 4.78 is 0. The van der Waals surface area contributed by atoms with Crippen molar-refractivity contribution in [3.05, 3.63) is 7.05 Å². The van der Waals surface area contributed by atoms with Crippen LogP contribution in [0, 0.1) is 13.0 Å². The smallest absolute Gasteiger partial charge is 0.0471 e. The Morgan fingerprint density at radius 3 is 2.75 bits per heavy atom. The lowest BCUT2D eigenvalue weighted by molar-refractivity contribution is 0.230. The van der Waals surface area contributed by atoms with Gasteiger partial charge in [0.2, 0.25) is 0 Å². The van der Waals surface area contributed by atoms with Crippen LogP contribution in [-0.2, 0) is 0 Å². The fourth-order valence-corrected chi connectivity index (χ4v) is 1.06. The van der Waals surface area contributed by atoms with Gasteiger partial charge in [0.05, 0.1) is 0 Å². The molecule has 1 N–H and O–H groups in total. The van der Waals surface area contributed by atoms with Gasteiger partial charge in [-0.1, -0.05) is 0 Å². The minimum Gasteiger partial charge on any atom is -0.459 e. The molecular weight excluding hydrogens is 102 g/mol. The highest BCUT2D eigenvalue weighted by molar-refractivity contribution is 4.73. The maximum absolute atomic E-state index is 8.63. The van der Waals surface area contributed by atoms with E-state index in [1.165, 1.54) is 0 Å². The third-order valence-corrected chi connectivity index (χ3v) is 1.63. The average molecular weight is 114 g/mol. The molecule has 0 amide bonds. The minimum atomic E-state index is 0.325. The zero-order valence-corrected chi connectivity index (χ0v) is 5.01. The van der Waals surface area contributed by atoms with Gasteiger partial charge < -0.3 is 10.0 Å². The molecule has 1 aliphatic rings. The van der Waals surface area contributed by atoms with Gasteiger partial charge in [-0.25, -0.2) is 0 Å². The van der Waals surface area contributed by atoms with Crippen LogP contribution in [0.2, 0.25) is 0 Å². The third-order valence-electron chi connectivity index (χ3n) is 1.63. The van der Waals surface area contributed by atoms with Crippen LogP contribution in [0.5, 0.6) is 0 Å². The van der Waals surface area contributed by atoms with E-state index in [1.807, 2.05) is 4.90 Å². The standard InChI is InChI=1S/C6H12NO/c1-7-3-2-6(4-7)5-8/h6,8H,1-5H2/q-1/t6-/m0/s1. The van der Waals surface area contributed by atoms with E-state index >= 15 is 0 Å². The minimum absolute atomic E-state index is 0.325. The predicted octanol–water partition coefficient (Wildman–Crippen LogP) is 0.0922. The highest BCUT2D eigenvalue weighted by Crippen LogP contribution is 2.12. The molecule has 2 nitrogen and oxygen atoms in total. The van der Waals surface area contributed by atoms with E-state index in [4.69, 9.17) is 5.11 Å².